The number of benzene rings is 1. The van der Waals surface area contributed by atoms with E-state index in [2.05, 4.69) is 39.7 Å². The van der Waals surface area contributed by atoms with E-state index in [0.717, 1.165) is 41.9 Å². The Bertz CT molecular complexity index is 727. The first kappa shape index (κ1) is 21.2. The van der Waals surface area contributed by atoms with E-state index >= 15 is 0 Å². The first-order valence-corrected chi connectivity index (χ1v) is 9.67. The first-order valence-electron chi connectivity index (χ1n) is 8.42. The molecule has 0 radical (unpaired) electrons. The van der Waals surface area contributed by atoms with Crippen LogP contribution in [0.5, 0.6) is 0 Å². The van der Waals surface area contributed by atoms with Crippen molar-refractivity contribution in [2.75, 3.05) is 37.6 Å². The van der Waals surface area contributed by atoms with E-state index < -0.39 is 0 Å². The zero-order valence-electron chi connectivity index (χ0n) is 15.1. The fourth-order valence-corrected chi connectivity index (χ4v) is 4.06. The molecule has 0 unspecified atom stereocenters. The van der Waals surface area contributed by atoms with Crippen LogP contribution >= 0.6 is 46.9 Å². The van der Waals surface area contributed by atoms with E-state index in [1.165, 1.54) is 0 Å². The molecule has 0 aliphatic carbocycles. The number of piperazine rings is 1. The number of halogens is 2. The highest BCUT2D eigenvalue weighted by Gasteiger charge is 2.24. The second-order valence-electron chi connectivity index (χ2n) is 6.83. The Labute approximate surface area is 181 Å². The number of thiazole rings is 1. The molecule has 1 saturated heterocycles. The Morgan fingerprint density at radius 3 is 2.58 bits per heavy atom. The van der Waals surface area contributed by atoms with Gasteiger partial charge in [0, 0.05) is 48.2 Å². The van der Waals surface area contributed by atoms with Gasteiger partial charge in [0.25, 0.3) is 0 Å². The lowest BCUT2D eigenvalue weighted by Crippen LogP contribution is -2.51. The third-order valence-corrected chi connectivity index (χ3v) is 5.69. The minimum absolute atomic E-state index is 0. The standard InChI is InChI=1S/C18H24ClN5S.HI/c1-18(2,14-5-3-4-6-15(14)19)13-22-16(20)23-8-10-24(11-9-23)17-21-7-12-25-17;/h3-7,12H,8-11,13H2,1-2H3,(H2,20,22);1H. The lowest BCUT2D eigenvalue weighted by atomic mass is 9.85. The van der Waals surface area contributed by atoms with Crippen molar-refractivity contribution in [3.63, 3.8) is 0 Å². The third-order valence-electron chi connectivity index (χ3n) is 4.53. The lowest BCUT2D eigenvalue weighted by molar-refractivity contribution is 0.378. The number of anilines is 1. The molecule has 2 aromatic rings. The number of nitrogens with zero attached hydrogens (tertiary/aromatic N) is 4. The van der Waals surface area contributed by atoms with Crippen LogP contribution in [0.4, 0.5) is 5.13 Å². The summed E-state index contributed by atoms with van der Waals surface area (Å²) in [6.07, 6.45) is 1.85. The van der Waals surface area contributed by atoms with Crippen molar-refractivity contribution >= 4 is 58.0 Å². The average Bonchev–Trinajstić information content (AvgIpc) is 3.15. The maximum Gasteiger partial charge on any atom is 0.191 e. The van der Waals surface area contributed by atoms with Gasteiger partial charge in [-0.15, -0.1) is 35.3 Å². The number of hydrogen-bond donors (Lipinski definition) is 1. The number of aliphatic imine (C=N–C) groups is 1. The van der Waals surface area contributed by atoms with Crippen LogP contribution < -0.4 is 10.6 Å². The van der Waals surface area contributed by atoms with Gasteiger partial charge in [-0.1, -0.05) is 43.6 Å². The first-order chi connectivity index (χ1) is 12.0. The normalized spacial score (nSPS) is 15.7. The van der Waals surface area contributed by atoms with Gasteiger partial charge in [-0.05, 0) is 11.6 Å². The second kappa shape index (κ2) is 9.23. The van der Waals surface area contributed by atoms with E-state index in [0.29, 0.717) is 12.5 Å². The molecule has 0 spiro atoms. The summed E-state index contributed by atoms with van der Waals surface area (Å²) >= 11 is 8.01. The monoisotopic (exact) mass is 505 g/mol. The molecule has 8 heteroatoms. The molecule has 1 fully saturated rings. The van der Waals surface area contributed by atoms with Crippen molar-refractivity contribution in [2.45, 2.75) is 19.3 Å². The molecule has 1 aromatic carbocycles. The number of guanidine groups is 1. The van der Waals surface area contributed by atoms with E-state index in [1.807, 2.05) is 29.8 Å². The summed E-state index contributed by atoms with van der Waals surface area (Å²) in [6.45, 7) is 8.45. The quantitative estimate of drug-likeness (QED) is 0.390. The average molecular weight is 506 g/mol. The summed E-state index contributed by atoms with van der Waals surface area (Å²) in [5.74, 6) is 0.610. The molecule has 26 heavy (non-hydrogen) atoms. The molecule has 0 amide bonds. The Hall–Kier alpha value is -1.06. The van der Waals surface area contributed by atoms with Gasteiger partial charge in [-0.25, -0.2) is 4.98 Å². The van der Waals surface area contributed by atoms with Crippen molar-refractivity contribution in [2.24, 2.45) is 10.7 Å². The SMILES string of the molecule is CC(C)(CN=C(N)N1CCN(c2nccs2)CC1)c1ccccc1Cl.I. The van der Waals surface area contributed by atoms with Crippen LogP contribution in [0.3, 0.4) is 0 Å². The van der Waals surface area contributed by atoms with E-state index in [1.54, 1.807) is 11.3 Å². The van der Waals surface area contributed by atoms with Gasteiger partial charge in [0.15, 0.2) is 11.1 Å². The summed E-state index contributed by atoms with van der Waals surface area (Å²) in [5, 5.41) is 3.86. The van der Waals surface area contributed by atoms with Crippen LogP contribution in [0.15, 0.2) is 40.8 Å². The highest BCUT2D eigenvalue weighted by atomic mass is 127. The Kier molecular flexibility index (Phi) is 7.54. The van der Waals surface area contributed by atoms with Crippen molar-refractivity contribution in [1.82, 2.24) is 9.88 Å². The summed E-state index contributed by atoms with van der Waals surface area (Å²) in [7, 11) is 0. The smallest absolute Gasteiger partial charge is 0.191 e. The highest BCUT2D eigenvalue weighted by molar-refractivity contribution is 14.0. The van der Waals surface area contributed by atoms with Gasteiger partial charge in [0.05, 0.1) is 6.54 Å². The van der Waals surface area contributed by atoms with Crippen LogP contribution in [0.1, 0.15) is 19.4 Å². The third kappa shape index (κ3) is 5.01. The molecule has 1 aliphatic heterocycles. The number of nitrogens with two attached hydrogens (primary N) is 1. The maximum absolute atomic E-state index is 6.34. The second-order valence-corrected chi connectivity index (χ2v) is 8.11. The molecule has 0 bridgehead atoms. The summed E-state index contributed by atoms with van der Waals surface area (Å²) in [6, 6.07) is 7.93. The highest BCUT2D eigenvalue weighted by Crippen LogP contribution is 2.30. The predicted octanol–water partition coefficient (Wildman–Crippen LogP) is 3.83. The van der Waals surface area contributed by atoms with Gasteiger partial charge >= 0.3 is 0 Å². The van der Waals surface area contributed by atoms with Crippen molar-refractivity contribution in [1.29, 1.82) is 0 Å². The van der Waals surface area contributed by atoms with Crippen molar-refractivity contribution in [3.05, 3.63) is 46.4 Å². The molecule has 2 N–H and O–H groups in total. The van der Waals surface area contributed by atoms with E-state index in [9.17, 15) is 0 Å². The van der Waals surface area contributed by atoms with Crippen LogP contribution in [0.2, 0.25) is 5.02 Å². The van der Waals surface area contributed by atoms with Gasteiger partial charge in [-0.3, -0.25) is 4.99 Å². The van der Waals surface area contributed by atoms with E-state index in [-0.39, 0.29) is 29.4 Å². The fourth-order valence-electron chi connectivity index (χ4n) is 2.97. The molecule has 0 saturated carbocycles. The lowest BCUT2D eigenvalue weighted by Gasteiger charge is -2.35. The molecule has 2 heterocycles. The number of rotatable bonds is 4. The fraction of sp³-hybridized carbons (Fsp3) is 0.444. The predicted molar refractivity (Wildman–Crippen MR) is 122 cm³/mol. The topological polar surface area (TPSA) is 57.8 Å². The van der Waals surface area contributed by atoms with Crippen LogP contribution in [0.25, 0.3) is 0 Å². The summed E-state index contributed by atoms with van der Waals surface area (Å²) < 4.78 is 0. The number of aromatic nitrogens is 1. The van der Waals surface area contributed by atoms with Gasteiger partial charge in [0.2, 0.25) is 0 Å². The van der Waals surface area contributed by atoms with Crippen molar-refractivity contribution in [3.8, 4) is 0 Å². The largest absolute Gasteiger partial charge is 0.370 e. The molecule has 0 atom stereocenters. The molecular weight excluding hydrogens is 481 g/mol. The molecule has 3 rings (SSSR count). The Morgan fingerprint density at radius 2 is 1.96 bits per heavy atom. The van der Waals surface area contributed by atoms with Gasteiger partial charge < -0.3 is 15.5 Å². The zero-order valence-corrected chi connectivity index (χ0v) is 19.0. The minimum atomic E-state index is -0.161. The Morgan fingerprint density at radius 1 is 1.27 bits per heavy atom. The van der Waals surface area contributed by atoms with Crippen LogP contribution in [0, 0.1) is 0 Å². The molecule has 1 aromatic heterocycles. The number of hydrogen-bond acceptors (Lipinski definition) is 4. The molecule has 1 aliphatic rings. The molecular formula is C18H25ClIN5S. The summed E-state index contributed by atoms with van der Waals surface area (Å²) in [4.78, 5) is 13.5. The van der Waals surface area contributed by atoms with Gasteiger partial charge in [-0.2, -0.15) is 0 Å². The minimum Gasteiger partial charge on any atom is -0.370 e. The van der Waals surface area contributed by atoms with Gasteiger partial charge in [0.1, 0.15) is 0 Å². The molecule has 142 valence electrons. The van der Waals surface area contributed by atoms with Crippen LogP contribution in [-0.2, 0) is 5.41 Å². The maximum atomic E-state index is 6.34. The van der Waals surface area contributed by atoms with Crippen LogP contribution in [-0.4, -0.2) is 48.6 Å². The van der Waals surface area contributed by atoms with Crippen molar-refractivity contribution < 1.29 is 0 Å². The Balaban J connectivity index is 0.00000243. The van der Waals surface area contributed by atoms with E-state index in [4.69, 9.17) is 17.3 Å². The molecule has 5 nitrogen and oxygen atoms in total. The summed E-state index contributed by atoms with van der Waals surface area (Å²) in [5.41, 5.74) is 7.19. The zero-order chi connectivity index (χ0) is 17.9.